The fourth-order valence-corrected chi connectivity index (χ4v) is 2.37. The molecule has 1 aromatic heterocycles. The van der Waals surface area contributed by atoms with Crippen molar-refractivity contribution in [2.45, 2.75) is 6.54 Å². The first-order valence-electron chi connectivity index (χ1n) is 6.37. The Morgan fingerprint density at radius 1 is 1.05 bits per heavy atom. The molecule has 0 atom stereocenters. The molecule has 6 heteroatoms. The number of hydrogen-bond acceptors (Lipinski definition) is 3. The van der Waals surface area contributed by atoms with Crippen molar-refractivity contribution >= 4 is 33.2 Å². The Bertz CT molecular complexity index is 726. The Morgan fingerprint density at radius 3 is 2.43 bits per heavy atom. The number of hydrogen-bond donors (Lipinski definition) is 1. The molecular formula is C15H12BrClN4. The molecule has 0 saturated carbocycles. The summed E-state index contributed by atoms with van der Waals surface area (Å²) in [6, 6.07) is 13.9. The van der Waals surface area contributed by atoms with Crippen LogP contribution >= 0.6 is 27.5 Å². The number of aromatic nitrogens is 3. The van der Waals surface area contributed by atoms with E-state index in [1.165, 1.54) is 0 Å². The summed E-state index contributed by atoms with van der Waals surface area (Å²) in [5.41, 5.74) is 3.09. The average molecular weight is 364 g/mol. The van der Waals surface area contributed by atoms with Crippen molar-refractivity contribution in [2.75, 3.05) is 5.32 Å². The standard InChI is InChI=1S/C15H12BrClN4/c16-14-6-1-11(9-15(14)17)10-18-12-2-4-13(5-3-12)21-19-7-8-20-21/h1-9,18H,10H2. The van der Waals surface area contributed by atoms with Gasteiger partial charge in [-0.15, -0.1) is 0 Å². The number of nitrogens with one attached hydrogen (secondary N) is 1. The maximum absolute atomic E-state index is 6.08. The third-order valence-electron chi connectivity index (χ3n) is 3.00. The third-order valence-corrected chi connectivity index (χ3v) is 4.23. The van der Waals surface area contributed by atoms with E-state index in [0.717, 1.165) is 26.4 Å². The molecule has 0 amide bonds. The highest BCUT2D eigenvalue weighted by atomic mass is 79.9. The molecule has 106 valence electrons. The van der Waals surface area contributed by atoms with Gasteiger partial charge >= 0.3 is 0 Å². The predicted octanol–water partition coefficient (Wildman–Crippen LogP) is 4.30. The first kappa shape index (κ1) is 14.1. The smallest absolute Gasteiger partial charge is 0.0858 e. The molecule has 0 saturated heterocycles. The van der Waals surface area contributed by atoms with E-state index in [-0.39, 0.29) is 0 Å². The van der Waals surface area contributed by atoms with Gasteiger partial charge in [0, 0.05) is 16.7 Å². The summed E-state index contributed by atoms with van der Waals surface area (Å²) in [6.45, 7) is 0.715. The number of benzene rings is 2. The van der Waals surface area contributed by atoms with Gasteiger partial charge in [0.05, 0.1) is 23.1 Å². The molecule has 4 nitrogen and oxygen atoms in total. The lowest BCUT2D eigenvalue weighted by molar-refractivity contribution is 0.752. The quantitative estimate of drug-likeness (QED) is 0.751. The predicted molar refractivity (Wildman–Crippen MR) is 87.8 cm³/mol. The first-order valence-corrected chi connectivity index (χ1v) is 7.54. The van der Waals surface area contributed by atoms with Gasteiger partial charge in [0.2, 0.25) is 0 Å². The number of anilines is 1. The normalized spacial score (nSPS) is 10.6. The van der Waals surface area contributed by atoms with Crippen LogP contribution in [0.2, 0.25) is 5.02 Å². The van der Waals surface area contributed by atoms with Crippen molar-refractivity contribution in [3.05, 3.63) is 69.9 Å². The second kappa shape index (κ2) is 6.28. The van der Waals surface area contributed by atoms with Crippen molar-refractivity contribution in [1.29, 1.82) is 0 Å². The van der Waals surface area contributed by atoms with Gasteiger partial charge in [-0.3, -0.25) is 0 Å². The molecule has 0 aliphatic heterocycles. The van der Waals surface area contributed by atoms with Gasteiger partial charge in [-0.2, -0.15) is 15.0 Å². The molecular weight excluding hydrogens is 352 g/mol. The topological polar surface area (TPSA) is 42.7 Å². The Hall–Kier alpha value is -1.85. The van der Waals surface area contributed by atoms with E-state index in [1.807, 2.05) is 42.5 Å². The molecule has 0 aliphatic carbocycles. The number of rotatable bonds is 4. The SMILES string of the molecule is Clc1cc(CNc2ccc(-n3nccn3)cc2)ccc1Br. The summed E-state index contributed by atoms with van der Waals surface area (Å²) in [5.74, 6) is 0. The molecule has 0 bridgehead atoms. The Morgan fingerprint density at radius 2 is 1.76 bits per heavy atom. The zero-order valence-electron chi connectivity index (χ0n) is 11.0. The van der Waals surface area contributed by atoms with Gasteiger partial charge in [0.15, 0.2) is 0 Å². The van der Waals surface area contributed by atoms with Crippen LogP contribution in [0, 0.1) is 0 Å². The van der Waals surface area contributed by atoms with Crippen LogP contribution in [0.25, 0.3) is 5.69 Å². The van der Waals surface area contributed by atoms with Crippen LogP contribution in [0.15, 0.2) is 59.3 Å². The van der Waals surface area contributed by atoms with Crippen LogP contribution in [0.3, 0.4) is 0 Å². The lowest BCUT2D eigenvalue weighted by Gasteiger charge is -2.08. The molecule has 0 unspecified atom stereocenters. The average Bonchev–Trinajstić information content (AvgIpc) is 3.03. The van der Waals surface area contributed by atoms with Crippen molar-refractivity contribution < 1.29 is 0 Å². The molecule has 1 N–H and O–H groups in total. The van der Waals surface area contributed by atoms with Crippen LogP contribution in [-0.2, 0) is 6.54 Å². The van der Waals surface area contributed by atoms with Gasteiger partial charge in [-0.25, -0.2) is 0 Å². The monoisotopic (exact) mass is 362 g/mol. The lowest BCUT2D eigenvalue weighted by atomic mass is 10.2. The van der Waals surface area contributed by atoms with Gasteiger partial charge in [0.1, 0.15) is 0 Å². The lowest BCUT2D eigenvalue weighted by Crippen LogP contribution is -2.01. The molecule has 3 rings (SSSR count). The van der Waals surface area contributed by atoms with Crippen LogP contribution in [0.4, 0.5) is 5.69 Å². The molecule has 0 fully saturated rings. The number of nitrogens with zero attached hydrogens (tertiary/aromatic N) is 3. The highest BCUT2D eigenvalue weighted by molar-refractivity contribution is 9.10. The Kier molecular flexibility index (Phi) is 4.22. The molecule has 3 aromatic rings. The van der Waals surface area contributed by atoms with Crippen LogP contribution in [0.1, 0.15) is 5.56 Å². The molecule has 2 aromatic carbocycles. The van der Waals surface area contributed by atoms with Gasteiger partial charge in [-0.1, -0.05) is 17.7 Å². The summed E-state index contributed by atoms with van der Waals surface area (Å²) < 4.78 is 0.906. The third kappa shape index (κ3) is 3.43. The zero-order chi connectivity index (χ0) is 14.7. The van der Waals surface area contributed by atoms with E-state index in [4.69, 9.17) is 11.6 Å². The van der Waals surface area contributed by atoms with Gasteiger partial charge in [-0.05, 0) is 57.9 Å². The Balaban J connectivity index is 1.66. The van der Waals surface area contributed by atoms with Gasteiger partial charge in [0.25, 0.3) is 0 Å². The second-order valence-corrected chi connectivity index (χ2v) is 5.73. The van der Waals surface area contributed by atoms with E-state index in [2.05, 4.69) is 31.4 Å². The summed E-state index contributed by atoms with van der Waals surface area (Å²) in [6.07, 6.45) is 3.31. The van der Waals surface area contributed by atoms with E-state index in [1.54, 1.807) is 17.2 Å². The zero-order valence-corrected chi connectivity index (χ0v) is 13.3. The van der Waals surface area contributed by atoms with E-state index in [0.29, 0.717) is 6.54 Å². The summed E-state index contributed by atoms with van der Waals surface area (Å²) in [7, 11) is 0. The minimum atomic E-state index is 0.715. The van der Waals surface area contributed by atoms with Crippen molar-refractivity contribution in [1.82, 2.24) is 15.0 Å². The van der Waals surface area contributed by atoms with Crippen LogP contribution in [0.5, 0.6) is 0 Å². The largest absolute Gasteiger partial charge is 0.381 e. The summed E-state index contributed by atoms with van der Waals surface area (Å²) in [4.78, 5) is 1.58. The fourth-order valence-electron chi connectivity index (χ4n) is 1.92. The van der Waals surface area contributed by atoms with Crippen LogP contribution < -0.4 is 5.32 Å². The minimum absolute atomic E-state index is 0.715. The van der Waals surface area contributed by atoms with Crippen LogP contribution in [-0.4, -0.2) is 15.0 Å². The fraction of sp³-hybridized carbons (Fsp3) is 0.0667. The molecule has 0 radical (unpaired) electrons. The van der Waals surface area contributed by atoms with Crippen molar-refractivity contribution in [2.24, 2.45) is 0 Å². The molecule has 0 aliphatic rings. The van der Waals surface area contributed by atoms with Crippen molar-refractivity contribution in [3.63, 3.8) is 0 Å². The van der Waals surface area contributed by atoms with E-state index < -0.39 is 0 Å². The highest BCUT2D eigenvalue weighted by Gasteiger charge is 2.01. The van der Waals surface area contributed by atoms with Gasteiger partial charge < -0.3 is 5.32 Å². The molecule has 0 spiro atoms. The van der Waals surface area contributed by atoms with E-state index >= 15 is 0 Å². The molecule has 21 heavy (non-hydrogen) atoms. The molecule has 1 heterocycles. The number of halogens is 2. The second-order valence-electron chi connectivity index (χ2n) is 4.47. The summed E-state index contributed by atoms with van der Waals surface area (Å²) >= 11 is 9.47. The summed E-state index contributed by atoms with van der Waals surface area (Å²) in [5, 5.41) is 12.3. The highest BCUT2D eigenvalue weighted by Crippen LogP contribution is 2.23. The van der Waals surface area contributed by atoms with Crippen molar-refractivity contribution in [3.8, 4) is 5.69 Å². The minimum Gasteiger partial charge on any atom is -0.381 e. The first-order chi connectivity index (χ1) is 10.2. The maximum Gasteiger partial charge on any atom is 0.0858 e. The maximum atomic E-state index is 6.08. The van der Waals surface area contributed by atoms with E-state index in [9.17, 15) is 0 Å². The Labute approximate surface area is 135 Å².